The number of aryl methyl sites for hydroxylation is 1. The van der Waals surface area contributed by atoms with Crippen molar-refractivity contribution in [1.29, 1.82) is 0 Å². The van der Waals surface area contributed by atoms with Crippen molar-refractivity contribution in [2.24, 2.45) is 0 Å². The van der Waals surface area contributed by atoms with Gasteiger partial charge in [0.1, 0.15) is 5.58 Å². The van der Waals surface area contributed by atoms with Crippen molar-refractivity contribution in [2.75, 3.05) is 5.32 Å². The van der Waals surface area contributed by atoms with Crippen molar-refractivity contribution in [3.63, 3.8) is 0 Å². The van der Waals surface area contributed by atoms with Gasteiger partial charge in [0.2, 0.25) is 0 Å². The Kier molecular flexibility index (Phi) is 4.47. The van der Waals surface area contributed by atoms with Gasteiger partial charge in [-0.2, -0.15) is 13.2 Å². The molecule has 3 rings (SSSR count). The summed E-state index contributed by atoms with van der Waals surface area (Å²) in [5.41, 5.74) is 0.763. The predicted octanol–water partition coefficient (Wildman–Crippen LogP) is 5.39. The number of rotatable bonds is 3. The zero-order valence-corrected chi connectivity index (χ0v) is 13.8. The first-order valence-corrected chi connectivity index (χ1v) is 7.76. The smallest absolute Gasteiger partial charge is 0.416 e. The molecule has 7 heteroatoms. The Hall–Kier alpha value is -2.47. The van der Waals surface area contributed by atoms with Gasteiger partial charge < -0.3 is 9.73 Å². The first kappa shape index (κ1) is 17.4. The highest BCUT2D eigenvalue weighted by Gasteiger charge is 2.30. The highest BCUT2D eigenvalue weighted by molar-refractivity contribution is 6.32. The number of alkyl halides is 3. The molecular formula is C18H13ClF3NO2. The Morgan fingerprint density at radius 1 is 1.16 bits per heavy atom. The second kappa shape index (κ2) is 6.44. The van der Waals surface area contributed by atoms with E-state index >= 15 is 0 Å². The first-order valence-electron chi connectivity index (χ1n) is 7.38. The van der Waals surface area contributed by atoms with E-state index in [0.29, 0.717) is 27.2 Å². The van der Waals surface area contributed by atoms with Crippen LogP contribution in [0.5, 0.6) is 0 Å². The summed E-state index contributed by atoms with van der Waals surface area (Å²) >= 11 is 6.12. The Morgan fingerprint density at radius 2 is 1.92 bits per heavy atom. The van der Waals surface area contributed by atoms with Crippen molar-refractivity contribution >= 4 is 28.3 Å². The number of benzene rings is 2. The summed E-state index contributed by atoms with van der Waals surface area (Å²) in [6, 6.07) is 9.51. The first-order chi connectivity index (χ1) is 11.7. The Bertz CT molecular complexity index is 996. The summed E-state index contributed by atoms with van der Waals surface area (Å²) in [7, 11) is 0. The minimum atomic E-state index is -4.41. The molecule has 0 spiro atoms. The molecule has 1 heterocycles. The highest BCUT2D eigenvalue weighted by atomic mass is 35.5. The largest absolute Gasteiger partial charge is 0.423 e. The number of fused-ring (bicyclic) bond motifs is 1. The van der Waals surface area contributed by atoms with Gasteiger partial charge in [-0.15, -0.1) is 0 Å². The lowest BCUT2D eigenvalue weighted by Crippen LogP contribution is -2.08. The SMILES string of the molecule is Cc1cc2oc(=O)cc(CNc3cccc(C(F)(F)F)c3)c2cc1Cl. The molecule has 3 nitrogen and oxygen atoms in total. The lowest BCUT2D eigenvalue weighted by molar-refractivity contribution is -0.137. The number of halogens is 4. The Balaban J connectivity index is 1.94. The van der Waals surface area contributed by atoms with Gasteiger partial charge in [-0.3, -0.25) is 0 Å². The second-order valence-electron chi connectivity index (χ2n) is 5.62. The van der Waals surface area contributed by atoms with E-state index in [1.54, 1.807) is 19.1 Å². The molecule has 0 amide bonds. The number of anilines is 1. The van der Waals surface area contributed by atoms with Crippen molar-refractivity contribution in [3.05, 3.63) is 74.6 Å². The van der Waals surface area contributed by atoms with Crippen LogP contribution >= 0.6 is 11.6 Å². The molecule has 1 N–H and O–H groups in total. The minimum absolute atomic E-state index is 0.156. The molecule has 0 fully saturated rings. The lowest BCUT2D eigenvalue weighted by atomic mass is 10.1. The number of hydrogen-bond acceptors (Lipinski definition) is 3. The van der Waals surface area contributed by atoms with E-state index in [0.717, 1.165) is 17.7 Å². The average Bonchev–Trinajstić information content (AvgIpc) is 2.54. The fraction of sp³-hybridized carbons (Fsp3) is 0.167. The monoisotopic (exact) mass is 367 g/mol. The van der Waals surface area contributed by atoms with Crippen LogP contribution in [0.1, 0.15) is 16.7 Å². The van der Waals surface area contributed by atoms with E-state index in [1.807, 2.05) is 0 Å². The van der Waals surface area contributed by atoms with Gasteiger partial charge in [0.05, 0.1) is 5.56 Å². The van der Waals surface area contributed by atoms with E-state index in [4.69, 9.17) is 16.0 Å². The number of hydrogen-bond donors (Lipinski definition) is 1. The molecule has 25 heavy (non-hydrogen) atoms. The summed E-state index contributed by atoms with van der Waals surface area (Å²) < 4.78 is 43.5. The van der Waals surface area contributed by atoms with E-state index < -0.39 is 17.4 Å². The van der Waals surface area contributed by atoms with E-state index in [-0.39, 0.29) is 6.54 Å². The molecule has 0 aliphatic carbocycles. The standard InChI is InChI=1S/C18H13ClF3NO2/c1-10-5-16-14(8-15(10)19)11(6-17(24)25-16)9-23-13-4-2-3-12(7-13)18(20,21)22/h2-8,23H,9H2,1H3. The summed E-state index contributed by atoms with van der Waals surface area (Å²) in [5, 5.41) is 4.05. The molecule has 2 aromatic carbocycles. The van der Waals surface area contributed by atoms with Gasteiger partial charge in [-0.25, -0.2) is 4.79 Å². The summed E-state index contributed by atoms with van der Waals surface area (Å²) in [6.45, 7) is 1.94. The van der Waals surface area contributed by atoms with Crippen LogP contribution in [-0.2, 0) is 12.7 Å². The topological polar surface area (TPSA) is 42.2 Å². The average molecular weight is 368 g/mol. The predicted molar refractivity (Wildman–Crippen MR) is 91.0 cm³/mol. The second-order valence-corrected chi connectivity index (χ2v) is 6.03. The van der Waals surface area contributed by atoms with Crippen LogP contribution < -0.4 is 10.9 Å². The zero-order chi connectivity index (χ0) is 18.2. The van der Waals surface area contributed by atoms with Gasteiger partial charge in [0, 0.05) is 28.7 Å². The maximum absolute atomic E-state index is 12.8. The van der Waals surface area contributed by atoms with Gasteiger partial charge in [-0.1, -0.05) is 17.7 Å². The molecule has 1 aromatic heterocycles. The molecule has 0 saturated heterocycles. The third kappa shape index (κ3) is 3.79. The van der Waals surface area contributed by atoms with Crippen LogP contribution in [0.4, 0.5) is 18.9 Å². The summed E-state index contributed by atoms with van der Waals surface area (Å²) in [5.74, 6) is 0. The quantitative estimate of drug-likeness (QED) is 0.631. The van der Waals surface area contributed by atoms with Gasteiger partial charge in [-0.05, 0) is 48.4 Å². The van der Waals surface area contributed by atoms with Crippen molar-refractivity contribution in [2.45, 2.75) is 19.6 Å². The fourth-order valence-electron chi connectivity index (χ4n) is 2.50. The van der Waals surface area contributed by atoms with Crippen LogP contribution in [-0.4, -0.2) is 0 Å². The Labute approximate surface area is 146 Å². The van der Waals surface area contributed by atoms with Crippen molar-refractivity contribution in [3.8, 4) is 0 Å². The molecule has 3 aromatic rings. The van der Waals surface area contributed by atoms with Gasteiger partial charge >= 0.3 is 11.8 Å². The minimum Gasteiger partial charge on any atom is -0.423 e. The summed E-state index contributed by atoms with van der Waals surface area (Å²) in [6.07, 6.45) is -4.41. The maximum Gasteiger partial charge on any atom is 0.416 e. The van der Waals surface area contributed by atoms with E-state index in [1.165, 1.54) is 18.2 Å². The van der Waals surface area contributed by atoms with Crippen LogP contribution in [0.15, 0.2) is 51.7 Å². The number of nitrogens with one attached hydrogen (secondary N) is 1. The molecule has 0 aliphatic rings. The van der Waals surface area contributed by atoms with Crippen molar-refractivity contribution < 1.29 is 17.6 Å². The molecule has 0 aliphatic heterocycles. The molecule has 0 atom stereocenters. The van der Waals surface area contributed by atoms with Crippen molar-refractivity contribution in [1.82, 2.24) is 0 Å². The van der Waals surface area contributed by atoms with Crippen LogP contribution in [0.25, 0.3) is 11.0 Å². The third-order valence-electron chi connectivity index (χ3n) is 3.78. The fourth-order valence-corrected chi connectivity index (χ4v) is 2.66. The van der Waals surface area contributed by atoms with Crippen LogP contribution in [0.3, 0.4) is 0 Å². The molecule has 0 bridgehead atoms. The van der Waals surface area contributed by atoms with E-state index in [2.05, 4.69) is 5.32 Å². The maximum atomic E-state index is 12.8. The van der Waals surface area contributed by atoms with Crippen LogP contribution in [0, 0.1) is 6.92 Å². The highest BCUT2D eigenvalue weighted by Crippen LogP contribution is 2.31. The Morgan fingerprint density at radius 3 is 2.64 bits per heavy atom. The third-order valence-corrected chi connectivity index (χ3v) is 4.19. The lowest BCUT2D eigenvalue weighted by Gasteiger charge is -2.12. The summed E-state index contributed by atoms with van der Waals surface area (Å²) in [4.78, 5) is 11.7. The van der Waals surface area contributed by atoms with Gasteiger partial charge in [0.15, 0.2) is 0 Å². The molecule has 0 radical (unpaired) electrons. The normalized spacial score (nSPS) is 11.7. The van der Waals surface area contributed by atoms with Crippen LogP contribution in [0.2, 0.25) is 5.02 Å². The van der Waals surface area contributed by atoms with Gasteiger partial charge in [0.25, 0.3) is 0 Å². The molecule has 0 unspecified atom stereocenters. The zero-order valence-electron chi connectivity index (χ0n) is 13.1. The van der Waals surface area contributed by atoms with E-state index in [9.17, 15) is 18.0 Å². The molecule has 0 saturated carbocycles. The molecule has 130 valence electrons. The molecular weight excluding hydrogens is 355 g/mol.